The highest BCUT2D eigenvalue weighted by Crippen LogP contribution is 2.40. The van der Waals surface area contributed by atoms with Crippen LogP contribution in [0.1, 0.15) is 24.8 Å². The molecule has 1 fully saturated rings. The molecule has 80 valence electrons. The van der Waals surface area contributed by atoms with Gasteiger partial charge in [-0.2, -0.15) is 0 Å². The third-order valence-electron chi connectivity index (χ3n) is 2.71. The Morgan fingerprint density at radius 1 is 1.47 bits per heavy atom. The Morgan fingerprint density at radius 3 is 2.73 bits per heavy atom. The molecule has 0 heterocycles. The van der Waals surface area contributed by atoms with E-state index in [9.17, 15) is 4.79 Å². The molecule has 1 aliphatic carbocycles. The fourth-order valence-electron chi connectivity index (χ4n) is 1.72. The molecule has 3 heteroatoms. The van der Waals surface area contributed by atoms with Crippen molar-refractivity contribution in [2.45, 2.75) is 30.7 Å². The molecule has 3 atom stereocenters. The maximum absolute atomic E-state index is 11.3. The van der Waals surface area contributed by atoms with E-state index in [1.54, 1.807) is 6.92 Å². The van der Waals surface area contributed by atoms with Gasteiger partial charge in [-0.15, -0.1) is 11.6 Å². The van der Waals surface area contributed by atoms with Crippen molar-refractivity contribution in [3.05, 3.63) is 35.9 Å². The Labute approximate surface area is 94.6 Å². The number of rotatable bonds is 3. The molecule has 0 bridgehead atoms. The Hall–Kier alpha value is -1.02. The molecular formula is C12H14ClNO. The molecule has 0 radical (unpaired) electrons. The van der Waals surface area contributed by atoms with Crippen molar-refractivity contribution in [3.63, 3.8) is 0 Å². The van der Waals surface area contributed by atoms with Crippen LogP contribution in [0.4, 0.5) is 0 Å². The number of carbonyl (C=O) groups is 1. The van der Waals surface area contributed by atoms with Gasteiger partial charge in [0.15, 0.2) is 0 Å². The Bertz CT molecular complexity index is 350. The van der Waals surface area contributed by atoms with Gasteiger partial charge in [0.2, 0.25) is 5.91 Å². The summed E-state index contributed by atoms with van der Waals surface area (Å²) >= 11 is 5.68. The normalized spacial score (nSPS) is 25.7. The molecule has 0 aliphatic heterocycles. The summed E-state index contributed by atoms with van der Waals surface area (Å²) < 4.78 is 0. The number of amides is 1. The first-order chi connectivity index (χ1) is 7.18. The number of benzene rings is 1. The molecule has 0 saturated heterocycles. The third kappa shape index (κ3) is 2.51. The molecule has 1 amide bonds. The minimum atomic E-state index is -0.443. The summed E-state index contributed by atoms with van der Waals surface area (Å²) in [6.45, 7) is 1.69. The topological polar surface area (TPSA) is 29.1 Å². The standard InChI is InChI=1S/C12H14ClNO/c1-8(13)12(15)14-11-7-10(11)9-5-3-2-4-6-9/h2-6,8,10-11H,7H2,1H3,(H,14,15). The summed E-state index contributed by atoms with van der Waals surface area (Å²) in [5.41, 5.74) is 1.30. The van der Waals surface area contributed by atoms with Gasteiger partial charge in [0.1, 0.15) is 5.38 Å². The van der Waals surface area contributed by atoms with Gasteiger partial charge in [-0.25, -0.2) is 0 Å². The largest absolute Gasteiger partial charge is 0.351 e. The summed E-state index contributed by atoms with van der Waals surface area (Å²) in [5.74, 6) is 0.408. The van der Waals surface area contributed by atoms with Gasteiger partial charge in [-0.3, -0.25) is 4.79 Å². The average Bonchev–Trinajstić information content (AvgIpc) is 2.98. The predicted molar refractivity (Wildman–Crippen MR) is 61.0 cm³/mol. The van der Waals surface area contributed by atoms with Crippen molar-refractivity contribution >= 4 is 17.5 Å². The zero-order valence-electron chi connectivity index (χ0n) is 8.61. The number of hydrogen-bond acceptors (Lipinski definition) is 1. The van der Waals surface area contributed by atoms with Gasteiger partial charge >= 0.3 is 0 Å². The van der Waals surface area contributed by atoms with E-state index < -0.39 is 5.38 Å². The number of nitrogens with one attached hydrogen (secondary N) is 1. The molecule has 0 spiro atoms. The van der Waals surface area contributed by atoms with E-state index in [-0.39, 0.29) is 11.9 Å². The molecule has 1 aromatic rings. The molecule has 3 unspecified atom stereocenters. The summed E-state index contributed by atoms with van der Waals surface area (Å²) in [6, 6.07) is 10.5. The summed E-state index contributed by atoms with van der Waals surface area (Å²) in [4.78, 5) is 11.3. The second-order valence-electron chi connectivity index (χ2n) is 3.98. The minimum Gasteiger partial charge on any atom is -0.351 e. The molecule has 0 aromatic heterocycles. The molecule has 1 aliphatic rings. The van der Waals surface area contributed by atoms with E-state index in [2.05, 4.69) is 17.4 Å². The van der Waals surface area contributed by atoms with Gasteiger partial charge in [0.05, 0.1) is 0 Å². The monoisotopic (exact) mass is 223 g/mol. The van der Waals surface area contributed by atoms with E-state index in [1.165, 1.54) is 5.56 Å². The lowest BCUT2D eigenvalue weighted by Crippen LogP contribution is -2.32. The second kappa shape index (κ2) is 4.23. The van der Waals surface area contributed by atoms with Crippen LogP contribution >= 0.6 is 11.6 Å². The Balaban J connectivity index is 1.89. The molecule has 1 N–H and O–H groups in total. The number of alkyl halides is 1. The van der Waals surface area contributed by atoms with E-state index in [4.69, 9.17) is 11.6 Å². The van der Waals surface area contributed by atoms with Crippen molar-refractivity contribution in [1.82, 2.24) is 5.32 Å². The molecule has 2 rings (SSSR count). The Morgan fingerprint density at radius 2 is 2.13 bits per heavy atom. The van der Waals surface area contributed by atoms with E-state index in [1.807, 2.05) is 18.2 Å². The number of hydrogen-bond donors (Lipinski definition) is 1. The third-order valence-corrected chi connectivity index (χ3v) is 2.91. The lowest BCUT2D eigenvalue weighted by molar-refractivity contribution is -0.120. The smallest absolute Gasteiger partial charge is 0.238 e. The van der Waals surface area contributed by atoms with Crippen molar-refractivity contribution in [2.24, 2.45) is 0 Å². The van der Waals surface area contributed by atoms with Crippen LogP contribution in [0.5, 0.6) is 0 Å². The van der Waals surface area contributed by atoms with Crippen LogP contribution in [0.15, 0.2) is 30.3 Å². The van der Waals surface area contributed by atoms with Crippen LogP contribution in [0.3, 0.4) is 0 Å². The fourth-order valence-corrected chi connectivity index (χ4v) is 1.78. The van der Waals surface area contributed by atoms with Crippen LogP contribution in [-0.2, 0) is 4.79 Å². The first-order valence-electron chi connectivity index (χ1n) is 5.18. The number of halogens is 1. The van der Waals surface area contributed by atoms with Crippen LogP contribution in [0, 0.1) is 0 Å². The maximum atomic E-state index is 11.3. The first kappa shape index (κ1) is 10.5. The molecule has 1 aromatic carbocycles. The molecule has 2 nitrogen and oxygen atoms in total. The van der Waals surface area contributed by atoms with Gasteiger partial charge in [-0.05, 0) is 18.9 Å². The van der Waals surface area contributed by atoms with Crippen molar-refractivity contribution < 1.29 is 4.79 Å². The molecule has 15 heavy (non-hydrogen) atoms. The van der Waals surface area contributed by atoms with Crippen molar-refractivity contribution in [2.75, 3.05) is 0 Å². The SMILES string of the molecule is CC(Cl)C(=O)NC1CC1c1ccccc1. The molecule has 1 saturated carbocycles. The quantitative estimate of drug-likeness (QED) is 0.783. The zero-order chi connectivity index (χ0) is 10.8. The van der Waals surface area contributed by atoms with Gasteiger partial charge in [0.25, 0.3) is 0 Å². The van der Waals surface area contributed by atoms with Crippen LogP contribution in [0.25, 0.3) is 0 Å². The summed E-state index contributed by atoms with van der Waals surface area (Å²) in [7, 11) is 0. The Kier molecular flexibility index (Phi) is 2.96. The highest BCUT2D eigenvalue weighted by molar-refractivity contribution is 6.30. The minimum absolute atomic E-state index is 0.0694. The summed E-state index contributed by atoms with van der Waals surface area (Å²) in [5, 5.41) is 2.49. The number of carbonyl (C=O) groups excluding carboxylic acids is 1. The summed E-state index contributed by atoms with van der Waals surface area (Å²) in [6.07, 6.45) is 1.03. The second-order valence-corrected chi connectivity index (χ2v) is 4.64. The van der Waals surface area contributed by atoms with Gasteiger partial charge in [0, 0.05) is 12.0 Å². The average molecular weight is 224 g/mol. The lowest BCUT2D eigenvalue weighted by Gasteiger charge is -2.05. The highest BCUT2D eigenvalue weighted by Gasteiger charge is 2.39. The van der Waals surface area contributed by atoms with Gasteiger partial charge < -0.3 is 5.32 Å². The van der Waals surface area contributed by atoms with Crippen molar-refractivity contribution in [1.29, 1.82) is 0 Å². The fraction of sp³-hybridized carbons (Fsp3) is 0.417. The van der Waals surface area contributed by atoms with Gasteiger partial charge in [-0.1, -0.05) is 30.3 Å². The maximum Gasteiger partial charge on any atom is 0.238 e. The zero-order valence-corrected chi connectivity index (χ0v) is 9.37. The predicted octanol–water partition coefficient (Wildman–Crippen LogP) is 2.29. The molecular weight excluding hydrogens is 210 g/mol. The van der Waals surface area contributed by atoms with Crippen molar-refractivity contribution in [3.8, 4) is 0 Å². The van der Waals surface area contributed by atoms with Crippen LogP contribution < -0.4 is 5.32 Å². The van der Waals surface area contributed by atoms with Crippen LogP contribution in [0.2, 0.25) is 0 Å². The van der Waals surface area contributed by atoms with Crippen LogP contribution in [-0.4, -0.2) is 17.3 Å². The lowest BCUT2D eigenvalue weighted by atomic mass is 10.1. The highest BCUT2D eigenvalue weighted by atomic mass is 35.5. The first-order valence-corrected chi connectivity index (χ1v) is 5.61. The van der Waals surface area contributed by atoms with E-state index in [0.29, 0.717) is 5.92 Å². The van der Waals surface area contributed by atoms with E-state index >= 15 is 0 Å². The van der Waals surface area contributed by atoms with E-state index in [0.717, 1.165) is 6.42 Å².